The fourth-order valence-electron chi connectivity index (χ4n) is 0.360. The lowest BCUT2D eigenvalue weighted by Crippen LogP contribution is -2.10. The Bertz CT molecular complexity index is 189. The standard InChI is InChI=1S/C10H20N2/c1-8(9(2,3)4)11-12-10(5,6)7/h1H2,2-7H3. The summed E-state index contributed by atoms with van der Waals surface area (Å²) in [5, 5.41) is 8.25. The highest BCUT2D eigenvalue weighted by Crippen LogP contribution is 2.25. The lowest BCUT2D eigenvalue weighted by atomic mass is 9.93. The van der Waals surface area contributed by atoms with Gasteiger partial charge in [0.1, 0.15) is 0 Å². The molecular formula is C10H20N2. The smallest absolute Gasteiger partial charge is 0.0736 e. The summed E-state index contributed by atoms with van der Waals surface area (Å²) in [6.45, 7) is 16.2. The fourth-order valence-corrected chi connectivity index (χ4v) is 0.360. The Balaban J connectivity index is 4.30. The zero-order valence-electron chi connectivity index (χ0n) is 9.10. The van der Waals surface area contributed by atoms with Crippen LogP contribution in [0.3, 0.4) is 0 Å². The number of allylic oxidation sites excluding steroid dienone is 1. The van der Waals surface area contributed by atoms with Crippen molar-refractivity contribution in [3.8, 4) is 0 Å². The van der Waals surface area contributed by atoms with Crippen molar-refractivity contribution < 1.29 is 0 Å². The SMILES string of the molecule is C=C(N=NC(C)(C)C)C(C)(C)C. The van der Waals surface area contributed by atoms with Crippen LogP contribution in [0.5, 0.6) is 0 Å². The summed E-state index contributed by atoms with van der Waals surface area (Å²) in [5.41, 5.74) is 0.751. The van der Waals surface area contributed by atoms with Gasteiger partial charge in [0.05, 0.1) is 11.2 Å². The summed E-state index contributed by atoms with van der Waals surface area (Å²) in [6.07, 6.45) is 0. The number of hydrogen-bond acceptors (Lipinski definition) is 2. The van der Waals surface area contributed by atoms with Gasteiger partial charge in [0.15, 0.2) is 0 Å². The molecule has 70 valence electrons. The van der Waals surface area contributed by atoms with Gasteiger partial charge in [-0.2, -0.15) is 10.2 Å². The van der Waals surface area contributed by atoms with Crippen LogP contribution in [0, 0.1) is 5.41 Å². The second kappa shape index (κ2) is 3.38. The van der Waals surface area contributed by atoms with E-state index in [2.05, 4.69) is 37.6 Å². The summed E-state index contributed by atoms with van der Waals surface area (Å²) in [5.74, 6) is 0. The summed E-state index contributed by atoms with van der Waals surface area (Å²) in [6, 6.07) is 0. The van der Waals surface area contributed by atoms with Crippen LogP contribution in [0.4, 0.5) is 0 Å². The van der Waals surface area contributed by atoms with Crippen molar-refractivity contribution in [2.45, 2.75) is 47.1 Å². The maximum absolute atomic E-state index is 4.15. The van der Waals surface area contributed by atoms with Crippen molar-refractivity contribution in [3.63, 3.8) is 0 Å². The van der Waals surface area contributed by atoms with Crippen molar-refractivity contribution >= 4 is 0 Å². The first-order valence-corrected chi connectivity index (χ1v) is 4.25. The Kier molecular flexibility index (Phi) is 3.19. The lowest BCUT2D eigenvalue weighted by molar-refractivity contribution is 0.473. The van der Waals surface area contributed by atoms with E-state index in [0.29, 0.717) is 0 Å². The van der Waals surface area contributed by atoms with Gasteiger partial charge in [-0.1, -0.05) is 27.4 Å². The van der Waals surface area contributed by atoms with Crippen LogP contribution in [-0.2, 0) is 0 Å². The molecule has 0 bridgehead atoms. The fraction of sp³-hybridized carbons (Fsp3) is 0.800. The van der Waals surface area contributed by atoms with Gasteiger partial charge in [-0.3, -0.25) is 0 Å². The van der Waals surface area contributed by atoms with Gasteiger partial charge in [0.25, 0.3) is 0 Å². The van der Waals surface area contributed by atoms with Crippen LogP contribution in [0.25, 0.3) is 0 Å². The molecular weight excluding hydrogens is 148 g/mol. The molecule has 12 heavy (non-hydrogen) atoms. The Morgan fingerprint density at radius 1 is 1.00 bits per heavy atom. The highest BCUT2D eigenvalue weighted by molar-refractivity contribution is 5.01. The average Bonchev–Trinajstić information content (AvgIpc) is 1.78. The van der Waals surface area contributed by atoms with Crippen molar-refractivity contribution in [2.75, 3.05) is 0 Å². The molecule has 0 radical (unpaired) electrons. The van der Waals surface area contributed by atoms with E-state index >= 15 is 0 Å². The largest absolute Gasteiger partial charge is 0.183 e. The molecule has 0 aliphatic heterocycles. The molecule has 0 aliphatic rings. The molecule has 2 nitrogen and oxygen atoms in total. The van der Waals surface area contributed by atoms with Gasteiger partial charge in [-0.15, -0.1) is 0 Å². The van der Waals surface area contributed by atoms with Gasteiger partial charge < -0.3 is 0 Å². The van der Waals surface area contributed by atoms with Crippen molar-refractivity contribution in [2.24, 2.45) is 15.6 Å². The van der Waals surface area contributed by atoms with Crippen LogP contribution in [0.2, 0.25) is 0 Å². The van der Waals surface area contributed by atoms with E-state index in [4.69, 9.17) is 0 Å². The quantitative estimate of drug-likeness (QED) is 0.532. The highest BCUT2D eigenvalue weighted by atomic mass is 15.1. The molecule has 0 saturated heterocycles. The molecule has 0 aliphatic carbocycles. The van der Waals surface area contributed by atoms with Gasteiger partial charge in [0.2, 0.25) is 0 Å². The van der Waals surface area contributed by atoms with E-state index < -0.39 is 0 Å². The minimum atomic E-state index is -0.103. The van der Waals surface area contributed by atoms with Crippen LogP contribution in [0.1, 0.15) is 41.5 Å². The van der Waals surface area contributed by atoms with E-state index in [1.165, 1.54) is 0 Å². The minimum Gasteiger partial charge on any atom is -0.183 e. The molecule has 0 saturated carbocycles. The van der Waals surface area contributed by atoms with Crippen molar-refractivity contribution in [1.82, 2.24) is 0 Å². The summed E-state index contributed by atoms with van der Waals surface area (Å²) < 4.78 is 0. The first-order valence-electron chi connectivity index (χ1n) is 4.25. The molecule has 0 spiro atoms. The number of hydrogen-bond donors (Lipinski definition) is 0. The zero-order valence-corrected chi connectivity index (χ0v) is 9.10. The predicted molar refractivity (Wildman–Crippen MR) is 53.2 cm³/mol. The predicted octanol–water partition coefficient (Wildman–Crippen LogP) is 3.80. The van der Waals surface area contributed by atoms with E-state index in [9.17, 15) is 0 Å². The molecule has 0 aromatic heterocycles. The Morgan fingerprint density at radius 3 is 1.67 bits per heavy atom. The molecule has 0 fully saturated rings. The van der Waals surface area contributed by atoms with Crippen molar-refractivity contribution in [1.29, 1.82) is 0 Å². The highest BCUT2D eigenvalue weighted by Gasteiger charge is 2.15. The molecule has 0 heterocycles. The molecule has 0 atom stereocenters. The van der Waals surface area contributed by atoms with E-state index in [0.717, 1.165) is 5.70 Å². The second-order valence-corrected chi connectivity index (χ2v) is 5.07. The van der Waals surface area contributed by atoms with E-state index in [1.807, 2.05) is 20.8 Å². The third kappa shape index (κ3) is 5.05. The van der Waals surface area contributed by atoms with E-state index in [1.54, 1.807) is 0 Å². The van der Waals surface area contributed by atoms with Crippen LogP contribution < -0.4 is 0 Å². The number of azo groups is 1. The van der Waals surface area contributed by atoms with Crippen LogP contribution in [0.15, 0.2) is 22.5 Å². The maximum atomic E-state index is 4.15. The van der Waals surface area contributed by atoms with Crippen LogP contribution >= 0.6 is 0 Å². The lowest BCUT2D eigenvalue weighted by Gasteiger charge is -2.18. The van der Waals surface area contributed by atoms with Gasteiger partial charge in [-0.05, 0) is 20.8 Å². The molecule has 0 amide bonds. The second-order valence-electron chi connectivity index (χ2n) is 5.07. The normalized spacial score (nSPS) is 13.8. The number of rotatable bonds is 1. The first kappa shape index (κ1) is 11.3. The van der Waals surface area contributed by atoms with Gasteiger partial charge in [-0.25, -0.2) is 0 Å². The zero-order chi connectivity index (χ0) is 9.99. The minimum absolute atomic E-state index is 0.0226. The van der Waals surface area contributed by atoms with E-state index in [-0.39, 0.29) is 11.0 Å². The topological polar surface area (TPSA) is 24.7 Å². The molecule has 2 heteroatoms. The van der Waals surface area contributed by atoms with Gasteiger partial charge >= 0.3 is 0 Å². The third-order valence-corrected chi connectivity index (χ3v) is 1.34. The molecule has 0 N–H and O–H groups in total. The van der Waals surface area contributed by atoms with Crippen molar-refractivity contribution in [3.05, 3.63) is 12.3 Å². The Hall–Kier alpha value is -0.660. The third-order valence-electron chi connectivity index (χ3n) is 1.34. The summed E-state index contributed by atoms with van der Waals surface area (Å²) >= 11 is 0. The number of nitrogens with zero attached hydrogens (tertiary/aromatic N) is 2. The van der Waals surface area contributed by atoms with Crippen LogP contribution in [-0.4, -0.2) is 5.54 Å². The monoisotopic (exact) mass is 168 g/mol. The molecule has 0 rings (SSSR count). The Labute approximate surface area is 75.8 Å². The summed E-state index contributed by atoms with van der Waals surface area (Å²) in [7, 11) is 0. The molecule has 0 aromatic rings. The first-order chi connectivity index (χ1) is 5.13. The maximum Gasteiger partial charge on any atom is 0.0736 e. The molecule has 0 aromatic carbocycles. The Morgan fingerprint density at radius 2 is 1.42 bits per heavy atom. The average molecular weight is 168 g/mol. The molecule has 0 unspecified atom stereocenters. The summed E-state index contributed by atoms with van der Waals surface area (Å²) in [4.78, 5) is 0. The van der Waals surface area contributed by atoms with Gasteiger partial charge in [0, 0.05) is 5.41 Å².